The lowest BCUT2D eigenvalue weighted by atomic mass is 10.0. The van der Waals surface area contributed by atoms with Crippen LogP contribution in [-0.2, 0) is 16.4 Å². The number of hydrogen-bond donors (Lipinski definition) is 2. The van der Waals surface area contributed by atoms with Crippen molar-refractivity contribution in [2.75, 3.05) is 5.32 Å². The van der Waals surface area contributed by atoms with Gasteiger partial charge in [-0.3, -0.25) is 0 Å². The van der Waals surface area contributed by atoms with Gasteiger partial charge < -0.3 is 5.32 Å². The third-order valence-electron chi connectivity index (χ3n) is 2.41. The van der Waals surface area contributed by atoms with Crippen molar-refractivity contribution >= 4 is 15.7 Å². The quantitative estimate of drug-likeness (QED) is 0.718. The van der Waals surface area contributed by atoms with Gasteiger partial charge in [-0.2, -0.15) is 0 Å². The normalized spacial score (nSPS) is 21.1. The summed E-state index contributed by atoms with van der Waals surface area (Å²) in [5, 5.41) is 7.36. The molecule has 1 unspecified atom stereocenters. The van der Waals surface area contributed by atoms with Crippen molar-refractivity contribution in [1.82, 2.24) is 0 Å². The van der Waals surface area contributed by atoms with Crippen LogP contribution in [0.25, 0.3) is 0 Å². The number of rotatable bonds is 1. The van der Waals surface area contributed by atoms with Crippen LogP contribution in [0, 0.1) is 0 Å². The van der Waals surface area contributed by atoms with Crippen LogP contribution in [0.2, 0.25) is 0 Å². The molecule has 0 aliphatic carbocycles. The number of sulfonamides is 1. The maximum absolute atomic E-state index is 11.1. The molecule has 2 rings (SSSR count). The van der Waals surface area contributed by atoms with Crippen molar-refractivity contribution in [3.05, 3.63) is 29.8 Å². The monoisotopic (exact) mass is 212 g/mol. The highest BCUT2D eigenvalue weighted by Gasteiger charge is 2.25. The fourth-order valence-corrected chi connectivity index (χ4v) is 2.40. The Morgan fingerprint density at radius 2 is 2.07 bits per heavy atom. The van der Waals surface area contributed by atoms with Gasteiger partial charge >= 0.3 is 0 Å². The van der Waals surface area contributed by atoms with E-state index in [4.69, 9.17) is 5.14 Å². The van der Waals surface area contributed by atoms with Gasteiger partial charge in [-0.25, -0.2) is 13.6 Å². The first-order valence-corrected chi connectivity index (χ1v) is 6.04. The molecule has 0 radical (unpaired) electrons. The third-order valence-corrected chi connectivity index (χ3v) is 3.55. The Balaban J connectivity index is 2.30. The van der Waals surface area contributed by atoms with Gasteiger partial charge in [-0.15, -0.1) is 0 Å². The first-order chi connectivity index (χ1) is 6.57. The van der Waals surface area contributed by atoms with Crippen molar-refractivity contribution in [3.63, 3.8) is 0 Å². The molecule has 5 heteroatoms. The van der Waals surface area contributed by atoms with Crippen LogP contribution in [0.4, 0.5) is 5.69 Å². The van der Waals surface area contributed by atoms with Gasteiger partial charge in [0.2, 0.25) is 10.0 Å². The zero-order valence-corrected chi connectivity index (χ0v) is 8.42. The molecule has 1 aliphatic rings. The molecule has 0 saturated heterocycles. The summed E-state index contributed by atoms with van der Waals surface area (Å²) in [7, 11) is -3.48. The Morgan fingerprint density at radius 3 is 2.79 bits per heavy atom. The van der Waals surface area contributed by atoms with Crippen LogP contribution in [0.3, 0.4) is 0 Å². The molecule has 0 fully saturated rings. The van der Waals surface area contributed by atoms with E-state index in [1.807, 2.05) is 24.3 Å². The second kappa shape index (κ2) is 3.25. The average molecular weight is 212 g/mol. The molecule has 1 heterocycles. The topological polar surface area (TPSA) is 72.2 Å². The number of nitrogens with two attached hydrogens (primary N) is 1. The number of aryl methyl sites for hydroxylation is 1. The summed E-state index contributed by atoms with van der Waals surface area (Å²) < 4.78 is 22.2. The maximum Gasteiger partial charge on any atom is 0.230 e. The van der Waals surface area contributed by atoms with Crippen LogP contribution in [0.5, 0.6) is 0 Å². The minimum Gasteiger partial charge on any atom is -0.368 e. The lowest BCUT2D eigenvalue weighted by Crippen LogP contribution is -2.37. The van der Waals surface area contributed by atoms with E-state index >= 15 is 0 Å². The van der Waals surface area contributed by atoms with Gasteiger partial charge in [0.05, 0.1) is 0 Å². The van der Waals surface area contributed by atoms with Gasteiger partial charge in [-0.1, -0.05) is 18.2 Å². The number of anilines is 1. The zero-order chi connectivity index (χ0) is 10.2. The predicted molar refractivity (Wildman–Crippen MR) is 55.3 cm³/mol. The van der Waals surface area contributed by atoms with Gasteiger partial charge in [0.25, 0.3) is 0 Å². The van der Waals surface area contributed by atoms with E-state index in [0.29, 0.717) is 6.42 Å². The summed E-state index contributed by atoms with van der Waals surface area (Å²) >= 11 is 0. The number of hydrogen-bond acceptors (Lipinski definition) is 3. The summed E-state index contributed by atoms with van der Waals surface area (Å²) in [5.74, 6) is 0. The van der Waals surface area contributed by atoms with E-state index in [-0.39, 0.29) is 0 Å². The van der Waals surface area contributed by atoms with E-state index < -0.39 is 15.4 Å². The van der Waals surface area contributed by atoms with E-state index in [1.165, 1.54) is 0 Å². The lowest BCUT2D eigenvalue weighted by Gasteiger charge is -2.25. The van der Waals surface area contributed by atoms with Crippen LogP contribution in [0.15, 0.2) is 24.3 Å². The number of nitrogens with one attached hydrogen (secondary N) is 1. The van der Waals surface area contributed by atoms with Crippen LogP contribution in [-0.4, -0.2) is 13.8 Å². The number of para-hydroxylation sites is 1. The second-order valence-corrected chi connectivity index (χ2v) is 5.16. The summed E-state index contributed by atoms with van der Waals surface area (Å²) in [6.45, 7) is 0. The van der Waals surface area contributed by atoms with Gasteiger partial charge in [0, 0.05) is 5.69 Å². The molecule has 1 aromatic rings. The number of benzene rings is 1. The van der Waals surface area contributed by atoms with E-state index in [1.54, 1.807) is 0 Å². The first kappa shape index (κ1) is 9.48. The van der Waals surface area contributed by atoms with E-state index in [2.05, 4.69) is 5.32 Å². The minimum absolute atomic E-state index is 0.538. The summed E-state index contributed by atoms with van der Waals surface area (Å²) in [4.78, 5) is 0. The summed E-state index contributed by atoms with van der Waals surface area (Å²) in [6.07, 6.45) is 1.29. The third kappa shape index (κ3) is 1.73. The molecule has 0 spiro atoms. The molecule has 0 amide bonds. The molecule has 3 N–H and O–H groups in total. The molecule has 0 bridgehead atoms. The summed E-state index contributed by atoms with van der Waals surface area (Å²) in [6, 6.07) is 7.67. The summed E-state index contributed by atoms with van der Waals surface area (Å²) in [5.41, 5.74) is 2.02. The van der Waals surface area contributed by atoms with Crippen molar-refractivity contribution in [3.8, 4) is 0 Å². The van der Waals surface area contributed by atoms with Crippen molar-refractivity contribution in [1.29, 1.82) is 0 Å². The fraction of sp³-hybridized carbons (Fsp3) is 0.333. The molecule has 1 atom stereocenters. The molecule has 0 saturated carbocycles. The van der Waals surface area contributed by atoms with Crippen molar-refractivity contribution in [2.45, 2.75) is 18.2 Å². The number of primary sulfonamides is 1. The fourth-order valence-electron chi connectivity index (χ4n) is 1.66. The second-order valence-electron chi connectivity index (χ2n) is 3.42. The molecule has 0 aromatic heterocycles. The Kier molecular flexibility index (Phi) is 2.20. The molecule has 1 aliphatic heterocycles. The average Bonchev–Trinajstić information content (AvgIpc) is 2.16. The smallest absolute Gasteiger partial charge is 0.230 e. The van der Waals surface area contributed by atoms with Gasteiger partial charge in [-0.05, 0) is 24.5 Å². The highest BCUT2D eigenvalue weighted by molar-refractivity contribution is 7.89. The first-order valence-electron chi connectivity index (χ1n) is 4.43. The maximum atomic E-state index is 11.1. The highest BCUT2D eigenvalue weighted by Crippen LogP contribution is 2.25. The van der Waals surface area contributed by atoms with Crippen LogP contribution in [0.1, 0.15) is 12.0 Å². The standard InChI is InChI=1S/C9H12N2O2S/c10-14(12,13)9-6-5-7-3-1-2-4-8(7)11-9/h1-4,9,11H,5-6H2,(H2,10,12,13). The molecule has 1 aromatic carbocycles. The molecule has 76 valence electrons. The minimum atomic E-state index is -3.48. The number of fused-ring (bicyclic) bond motifs is 1. The molecular formula is C9H12N2O2S. The lowest BCUT2D eigenvalue weighted by molar-refractivity contribution is 0.578. The van der Waals surface area contributed by atoms with Crippen LogP contribution < -0.4 is 10.5 Å². The predicted octanol–water partition coefficient (Wildman–Crippen LogP) is 0.659. The molecule has 4 nitrogen and oxygen atoms in total. The van der Waals surface area contributed by atoms with Crippen molar-refractivity contribution < 1.29 is 8.42 Å². The zero-order valence-electron chi connectivity index (χ0n) is 7.60. The van der Waals surface area contributed by atoms with Crippen molar-refractivity contribution in [2.24, 2.45) is 5.14 Å². The highest BCUT2D eigenvalue weighted by atomic mass is 32.2. The Bertz CT molecular complexity index is 442. The van der Waals surface area contributed by atoms with E-state index in [0.717, 1.165) is 17.7 Å². The SMILES string of the molecule is NS(=O)(=O)C1CCc2ccccc2N1. The van der Waals surface area contributed by atoms with Gasteiger partial charge in [0.1, 0.15) is 5.37 Å². The Morgan fingerprint density at radius 1 is 1.36 bits per heavy atom. The van der Waals surface area contributed by atoms with Gasteiger partial charge in [0.15, 0.2) is 0 Å². The molecule has 14 heavy (non-hydrogen) atoms. The van der Waals surface area contributed by atoms with E-state index in [9.17, 15) is 8.42 Å². The largest absolute Gasteiger partial charge is 0.368 e. The van der Waals surface area contributed by atoms with Crippen LogP contribution >= 0.6 is 0 Å². The Hall–Kier alpha value is -1.07. The molecular weight excluding hydrogens is 200 g/mol. The Labute approximate surface area is 83.2 Å².